The lowest BCUT2D eigenvalue weighted by molar-refractivity contribution is -0.156. The van der Waals surface area contributed by atoms with Gasteiger partial charge in [-0.25, -0.2) is 0 Å². The van der Waals surface area contributed by atoms with Crippen molar-refractivity contribution in [3.05, 3.63) is 77.3 Å². The number of nitrogens with one attached hydrogen (secondary N) is 1. The summed E-state index contributed by atoms with van der Waals surface area (Å²) < 4.78 is 5.42. The number of esters is 1. The maximum absolute atomic E-state index is 14.2. The number of ether oxygens (including phenoxy) is 1. The predicted molar refractivity (Wildman–Crippen MR) is 142 cm³/mol. The zero-order valence-electron chi connectivity index (χ0n) is 21.0. The average Bonchev–Trinajstić information content (AvgIpc) is 3.19. The van der Waals surface area contributed by atoms with Crippen molar-refractivity contribution < 1.29 is 24.2 Å². The number of allylic oxidation sites excluding steroid dienone is 1. The van der Waals surface area contributed by atoms with Gasteiger partial charge in [0, 0.05) is 5.92 Å². The summed E-state index contributed by atoms with van der Waals surface area (Å²) in [5, 5.41) is 13.7. The van der Waals surface area contributed by atoms with Gasteiger partial charge < -0.3 is 20.1 Å². The molecule has 0 bridgehead atoms. The van der Waals surface area contributed by atoms with Crippen LogP contribution in [-0.2, 0) is 19.1 Å². The number of fused-ring (bicyclic) bond motifs is 1. The maximum atomic E-state index is 14.2. The van der Waals surface area contributed by atoms with Crippen LogP contribution in [-0.4, -0.2) is 47.0 Å². The minimum absolute atomic E-state index is 0.175. The van der Waals surface area contributed by atoms with Gasteiger partial charge in [0.25, 0.3) is 0 Å². The normalized spacial score (nSPS) is 25.5. The molecule has 0 saturated carbocycles. The molecule has 2 N–H and O–H groups in total. The number of hydrogen-bond donors (Lipinski definition) is 2. The molecule has 1 fully saturated rings. The Morgan fingerprint density at radius 1 is 1.08 bits per heavy atom. The number of nitrogens with zero attached hydrogens (tertiary/aromatic N) is 1. The van der Waals surface area contributed by atoms with Crippen molar-refractivity contribution in [3.8, 4) is 0 Å². The molecule has 7 nitrogen and oxygen atoms in total. The van der Waals surface area contributed by atoms with Crippen LogP contribution in [0.5, 0.6) is 0 Å². The van der Waals surface area contributed by atoms with E-state index in [1.807, 2.05) is 49.4 Å². The fraction of sp³-hybridized carbons (Fsp3) is 0.414. The van der Waals surface area contributed by atoms with E-state index in [4.69, 9.17) is 16.3 Å². The number of anilines is 1. The SMILES string of the molecule is CCC[C@@H]1C=C[C@H]2[C@H](C(=O)N([C@H](CO)c3ccccc3)[C@@H]2C(=O)Nc2ccccc2Cl)[C@@H]1C(=O)OCC. The molecule has 2 aliphatic rings. The molecule has 2 aromatic rings. The molecule has 8 heteroatoms. The highest BCUT2D eigenvalue weighted by Gasteiger charge is 2.59. The predicted octanol–water partition coefficient (Wildman–Crippen LogP) is 4.62. The van der Waals surface area contributed by atoms with Gasteiger partial charge in [-0.15, -0.1) is 0 Å². The molecule has 1 saturated heterocycles. The summed E-state index contributed by atoms with van der Waals surface area (Å²) in [7, 11) is 0. The van der Waals surface area contributed by atoms with Crippen molar-refractivity contribution in [1.82, 2.24) is 4.90 Å². The van der Waals surface area contributed by atoms with Crippen molar-refractivity contribution in [1.29, 1.82) is 0 Å². The van der Waals surface area contributed by atoms with Crippen LogP contribution < -0.4 is 5.32 Å². The lowest BCUT2D eigenvalue weighted by atomic mass is 9.69. The molecule has 1 aliphatic heterocycles. The summed E-state index contributed by atoms with van der Waals surface area (Å²) in [4.78, 5) is 42.7. The maximum Gasteiger partial charge on any atom is 0.310 e. The van der Waals surface area contributed by atoms with Gasteiger partial charge in [0.2, 0.25) is 11.8 Å². The number of para-hydroxylation sites is 1. The molecule has 2 aromatic carbocycles. The number of amides is 2. The van der Waals surface area contributed by atoms with Gasteiger partial charge in [-0.05, 0) is 37.0 Å². The molecule has 1 heterocycles. The van der Waals surface area contributed by atoms with Crippen LogP contribution in [0.4, 0.5) is 5.69 Å². The second-order valence-corrected chi connectivity index (χ2v) is 9.89. The van der Waals surface area contributed by atoms with Gasteiger partial charge in [-0.1, -0.05) is 79.6 Å². The molecule has 4 rings (SSSR count). The number of likely N-dealkylation sites (tertiary alicyclic amines) is 1. The molecule has 196 valence electrons. The Morgan fingerprint density at radius 2 is 1.78 bits per heavy atom. The lowest BCUT2D eigenvalue weighted by Gasteiger charge is -2.34. The van der Waals surface area contributed by atoms with Crippen molar-refractivity contribution in [3.63, 3.8) is 0 Å². The molecule has 0 radical (unpaired) electrons. The Labute approximate surface area is 222 Å². The molecule has 37 heavy (non-hydrogen) atoms. The summed E-state index contributed by atoms with van der Waals surface area (Å²) in [5.41, 5.74) is 1.13. The summed E-state index contributed by atoms with van der Waals surface area (Å²) in [5.74, 6) is -3.43. The van der Waals surface area contributed by atoms with Crippen LogP contribution >= 0.6 is 11.6 Å². The third kappa shape index (κ3) is 5.29. The first-order chi connectivity index (χ1) is 17.9. The third-order valence-corrected chi connectivity index (χ3v) is 7.65. The van der Waals surface area contributed by atoms with Gasteiger partial charge in [0.15, 0.2) is 0 Å². The van der Waals surface area contributed by atoms with Crippen LogP contribution in [0.2, 0.25) is 5.02 Å². The number of rotatable bonds is 9. The standard InChI is InChI=1S/C29H33ClN2O5/c1-3-10-19-15-16-20-25(24(19)29(36)37-4-2)28(35)32(23(17-33)18-11-6-5-7-12-18)26(20)27(34)31-22-14-9-8-13-21(22)30/h5-9,11-16,19-20,23-26,33H,3-4,10,17H2,1-2H3,(H,31,34)/t19-,20+,23-,24-,25+,26+/m1/s1. The Bertz CT molecular complexity index is 1150. The third-order valence-electron chi connectivity index (χ3n) is 7.32. The molecule has 1 aliphatic carbocycles. The van der Waals surface area contributed by atoms with Crippen LogP contribution in [0.3, 0.4) is 0 Å². The van der Waals surface area contributed by atoms with Gasteiger partial charge in [-0.2, -0.15) is 0 Å². The van der Waals surface area contributed by atoms with Gasteiger partial charge in [0.1, 0.15) is 6.04 Å². The Morgan fingerprint density at radius 3 is 2.43 bits per heavy atom. The molecule has 2 amide bonds. The largest absolute Gasteiger partial charge is 0.466 e. The van der Waals surface area contributed by atoms with E-state index in [1.54, 1.807) is 31.2 Å². The molecule has 6 atom stereocenters. The second-order valence-electron chi connectivity index (χ2n) is 9.49. The van der Waals surface area contributed by atoms with E-state index in [2.05, 4.69) is 5.32 Å². The Hall–Kier alpha value is -3.16. The van der Waals surface area contributed by atoms with Crippen LogP contribution in [0.25, 0.3) is 0 Å². The van der Waals surface area contributed by atoms with Gasteiger partial charge in [0.05, 0.1) is 41.8 Å². The van der Waals surface area contributed by atoms with Crippen molar-refractivity contribution in [2.75, 3.05) is 18.5 Å². The first-order valence-corrected chi connectivity index (χ1v) is 13.2. The number of carbonyl (C=O) groups is 3. The Balaban J connectivity index is 1.80. The number of carbonyl (C=O) groups excluding carboxylic acids is 3. The second kappa shape index (κ2) is 11.9. The average molecular weight is 525 g/mol. The summed E-state index contributed by atoms with van der Waals surface area (Å²) in [6.07, 6.45) is 5.40. The van der Waals surface area contributed by atoms with E-state index in [0.29, 0.717) is 16.3 Å². The smallest absolute Gasteiger partial charge is 0.310 e. The lowest BCUT2D eigenvalue weighted by Crippen LogP contribution is -2.47. The molecular weight excluding hydrogens is 492 g/mol. The van der Waals surface area contributed by atoms with E-state index in [-0.39, 0.29) is 25.0 Å². The van der Waals surface area contributed by atoms with Crippen LogP contribution in [0, 0.1) is 23.7 Å². The zero-order chi connectivity index (χ0) is 26.5. The van der Waals surface area contributed by atoms with E-state index < -0.39 is 41.7 Å². The Kier molecular flexibility index (Phi) is 8.67. The molecule has 0 spiro atoms. The summed E-state index contributed by atoms with van der Waals surface area (Å²) in [6.45, 7) is 3.59. The summed E-state index contributed by atoms with van der Waals surface area (Å²) >= 11 is 6.31. The minimum Gasteiger partial charge on any atom is -0.466 e. The number of aliphatic hydroxyl groups is 1. The minimum atomic E-state index is -0.957. The van der Waals surface area contributed by atoms with Gasteiger partial charge >= 0.3 is 5.97 Å². The number of halogens is 1. The fourth-order valence-electron chi connectivity index (χ4n) is 5.75. The highest BCUT2D eigenvalue weighted by Crippen LogP contribution is 2.48. The molecule has 0 unspecified atom stereocenters. The molecule has 0 aromatic heterocycles. The van der Waals surface area contributed by atoms with E-state index >= 15 is 0 Å². The highest BCUT2D eigenvalue weighted by atomic mass is 35.5. The fourth-order valence-corrected chi connectivity index (χ4v) is 5.93. The zero-order valence-corrected chi connectivity index (χ0v) is 21.8. The number of aliphatic hydroxyl groups excluding tert-OH is 1. The van der Waals surface area contributed by atoms with Crippen molar-refractivity contribution >= 4 is 35.1 Å². The topological polar surface area (TPSA) is 95.9 Å². The van der Waals surface area contributed by atoms with Crippen LogP contribution in [0.15, 0.2) is 66.7 Å². The van der Waals surface area contributed by atoms with Gasteiger partial charge in [-0.3, -0.25) is 14.4 Å². The van der Waals surface area contributed by atoms with Crippen molar-refractivity contribution in [2.45, 2.75) is 38.8 Å². The summed E-state index contributed by atoms with van der Waals surface area (Å²) in [6, 6.07) is 14.3. The van der Waals surface area contributed by atoms with Crippen molar-refractivity contribution in [2.24, 2.45) is 23.7 Å². The van der Waals surface area contributed by atoms with E-state index in [1.165, 1.54) is 4.90 Å². The monoisotopic (exact) mass is 524 g/mol. The quantitative estimate of drug-likeness (QED) is 0.368. The molecular formula is C29H33ClN2O5. The first kappa shape index (κ1) is 26.9. The highest BCUT2D eigenvalue weighted by molar-refractivity contribution is 6.33. The number of benzene rings is 2. The first-order valence-electron chi connectivity index (χ1n) is 12.8. The van der Waals surface area contributed by atoms with E-state index in [0.717, 1.165) is 12.8 Å². The number of hydrogen-bond acceptors (Lipinski definition) is 5. The van der Waals surface area contributed by atoms with Crippen LogP contribution in [0.1, 0.15) is 38.3 Å². The van der Waals surface area contributed by atoms with E-state index in [9.17, 15) is 19.5 Å².